The van der Waals surface area contributed by atoms with E-state index in [1.54, 1.807) is 0 Å². The lowest BCUT2D eigenvalue weighted by Gasteiger charge is -2.23. The van der Waals surface area contributed by atoms with Crippen molar-refractivity contribution in [2.45, 2.75) is 50.5 Å². The molecule has 1 atom stereocenters. The fraction of sp³-hybridized carbons (Fsp3) is 0.588. The number of hydrogen-bond acceptors (Lipinski definition) is 2. The van der Waals surface area contributed by atoms with Crippen LogP contribution in [0.25, 0.3) is 0 Å². The first-order chi connectivity index (χ1) is 9.74. The fourth-order valence-corrected chi connectivity index (χ4v) is 2.92. The Bertz CT molecular complexity index is 458. The number of carbonyl (C=O) groups excluding carboxylic acids is 1. The first-order valence-corrected chi connectivity index (χ1v) is 7.85. The van der Waals surface area contributed by atoms with E-state index in [1.807, 2.05) is 6.92 Å². The number of amides is 1. The molecular formula is C17H24N2O. The highest BCUT2D eigenvalue weighted by Gasteiger charge is 2.26. The highest BCUT2D eigenvalue weighted by molar-refractivity contribution is 5.83. The molecule has 1 aliphatic heterocycles. The Labute approximate surface area is 121 Å². The number of nitrogens with one attached hydrogen (secondary N) is 2. The normalized spacial score (nSPS) is 21.4. The van der Waals surface area contributed by atoms with Gasteiger partial charge >= 0.3 is 0 Å². The lowest BCUT2D eigenvalue weighted by molar-refractivity contribution is -0.122. The van der Waals surface area contributed by atoms with Crippen LogP contribution in [-0.4, -0.2) is 25.0 Å². The van der Waals surface area contributed by atoms with Gasteiger partial charge in [-0.15, -0.1) is 0 Å². The van der Waals surface area contributed by atoms with Crippen LogP contribution in [0.1, 0.15) is 55.6 Å². The molecule has 3 nitrogen and oxygen atoms in total. The van der Waals surface area contributed by atoms with Gasteiger partial charge in [0.25, 0.3) is 0 Å². The SMILES string of the molecule is CC(C(=O)NC1CC1)c1ccc(C2CCNCC2)cc1. The van der Waals surface area contributed by atoms with Gasteiger partial charge in [-0.25, -0.2) is 0 Å². The Morgan fingerprint density at radius 1 is 1.15 bits per heavy atom. The van der Waals surface area contributed by atoms with Crippen molar-refractivity contribution in [3.05, 3.63) is 35.4 Å². The fourth-order valence-electron chi connectivity index (χ4n) is 2.92. The summed E-state index contributed by atoms with van der Waals surface area (Å²) in [7, 11) is 0. The van der Waals surface area contributed by atoms with Gasteiger partial charge < -0.3 is 10.6 Å². The van der Waals surface area contributed by atoms with Gasteiger partial charge in [0.1, 0.15) is 0 Å². The van der Waals surface area contributed by atoms with Crippen molar-refractivity contribution in [3.63, 3.8) is 0 Å². The zero-order valence-corrected chi connectivity index (χ0v) is 12.2. The molecule has 1 amide bonds. The number of rotatable bonds is 4. The topological polar surface area (TPSA) is 41.1 Å². The van der Waals surface area contributed by atoms with Crippen LogP contribution in [0.3, 0.4) is 0 Å². The molecule has 1 saturated heterocycles. The quantitative estimate of drug-likeness (QED) is 0.884. The van der Waals surface area contributed by atoms with Crippen molar-refractivity contribution in [2.24, 2.45) is 0 Å². The summed E-state index contributed by atoms with van der Waals surface area (Å²) in [6.45, 7) is 4.23. The molecule has 2 fully saturated rings. The first-order valence-electron chi connectivity index (χ1n) is 7.85. The summed E-state index contributed by atoms with van der Waals surface area (Å²) in [6, 6.07) is 9.14. The Hall–Kier alpha value is -1.35. The average molecular weight is 272 g/mol. The van der Waals surface area contributed by atoms with E-state index in [1.165, 1.54) is 18.4 Å². The summed E-state index contributed by atoms with van der Waals surface area (Å²) in [5, 5.41) is 6.48. The number of hydrogen-bond donors (Lipinski definition) is 2. The molecule has 108 valence electrons. The summed E-state index contributed by atoms with van der Waals surface area (Å²) < 4.78 is 0. The molecule has 2 N–H and O–H groups in total. The molecule has 1 aliphatic carbocycles. The van der Waals surface area contributed by atoms with Crippen LogP contribution >= 0.6 is 0 Å². The first kappa shape index (κ1) is 13.6. The second kappa shape index (κ2) is 5.96. The largest absolute Gasteiger partial charge is 0.353 e. The smallest absolute Gasteiger partial charge is 0.227 e. The zero-order chi connectivity index (χ0) is 13.9. The molecule has 1 heterocycles. The molecule has 3 heteroatoms. The molecule has 1 unspecified atom stereocenters. The van der Waals surface area contributed by atoms with E-state index >= 15 is 0 Å². The van der Waals surface area contributed by atoms with Crippen molar-refractivity contribution in [1.82, 2.24) is 10.6 Å². The molecule has 2 aliphatic rings. The highest BCUT2D eigenvalue weighted by atomic mass is 16.1. The van der Waals surface area contributed by atoms with Crippen LogP contribution < -0.4 is 10.6 Å². The minimum Gasteiger partial charge on any atom is -0.353 e. The maximum Gasteiger partial charge on any atom is 0.227 e. The lowest BCUT2D eigenvalue weighted by atomic mass is 9.88. The second-order valence-electron chi connectivity index (χ2n) is 6.20. The van der Waals surface area contributed by atoms with Crippen molar-refractivity contribution in [3.8, 4) is 0 Å². The van der Waals surface area contributed by atoms with E-state index in [-0.39, 0.29) is 11.8 Å². The standard InChI is InChI=1S/C17H24N2O/c1-12(17(20)19-16-6-7-16)13-2-4-14(5-3-13)15-8-10-18-11-9-15/h2-5,12,15-16,18H,6-11H2,1H3,(H,19,20). The van der Waals surface area contributed by atoms with Crippen molar-refractivity contribution < 1.29 is 4.79 Å². The van der Waals surface area contributed by atoms with E-state index in [2.05, 4.69) is 34.9 Å². The molecular weight excluding hydrogens is 248 g/mol. The van der Waals surface area contributed by atoms with E-state index in [9.17, 15) is 4.79 Å². The van der Waals surface area contributed by atoms with E-state index < -0.39 is 0 Å². The summed E-state index contributed by atoms with van der Waals surface area (Å²) in [6.07, 6.45) is 4.73. The molecule has 3 rings (SSSR count). The van der Waals surface area contributed by atoms with Crippen LogP contribution in [-0.2, 0) is 4.79 Å². The lowest BCUT2D eigenvalue weighted by Crippen LogP contribution is -2.29. The van der Waals surface area contributed by atoms with Gasteiger partial charge in [0.2, 0.25) is 5.91 Å². The van der Waals surface area contributed by atoms with Crippen LogP contribution in [0.4, 0.5) is 0 Å². The van der Waals surface area contributed by atoms with Crippen molar-refractivity contribution in [2.75, 3.05) is 13.1 Å². The molecule has 0 aromatic heterocycles. The third-order valence-corrected chi connectivity index (χ3v) is 4.56. The molecule has 1 saturated carbocycles. The Balaban J connectivity index is 1.63. The summed E-state index contributed by atoms with van der Waals surface area (Å²) in [5.74, 6) is 0.806. The summed E-state index contributed by atoms with van der Waals surface area (Å²) in [5.41, 5.74) is 2.55. The number of benzene rings is 1. The van der Waals surface area contributed by atoms with Gasteiger partial charge in [-0.05, 0) is 62.7 Å². The number of carbonyl (C=O) groups is 1. The maximum atomic E-state index is 12.1. The molecule has 0 radical (unpaired) electrons. The third-order valence-electron chi connectivity index (χ3n) is 4.56. The molecule has 20 heavy (non-hydrogen) atoms. The number of piperidine rings is 1. The predicted molar refractivity (Wildman–Crippen MR) is 80.9 cm³/mol. The monoisotopic (exact) mass is 272 g/mol. The van der Waals surface area contributed by atoms with Crippen LogP contribution in [0, 0.1) is 0 Å². The van der Waals surface area contributed by atoms with Gasteiger partial charge in [-0.1, -0.05) is 24.3 Å². The van der Waals surface area contributed by atoms with E-state index in [4.69, 9.17) is 0 Å². The van der Waals surface area contributed by atoms with Crippen LogP contribution in [0.2, 0.25) is 0 Å². The van der Waals surface area contributed by atoms with Crippen LogP contribution in [0.15, 0.2) is 24.3 Å². The minimum absolute atomic E-state index is 0.0438. The Morgan fingerprint density at radius 2 is 1.80 bits per heavy atom. The summed E-state index contributed by atoms with van der Waals surface area (Å²) >= 11 is 0. The molecule has 1 aromatic rings. The third kappa shape index (κ3) is 3.21. The van der Waals surface area contributed by atoms with Crippen molar-refractivity contribution >= 4 is 5.91 Å². The van der Waals surface area contributed by atoms with Gasteiger partial charge in [0.05, 0.1) is 5.92 Å². The van der Waals surface area contributed by atoms with Gasteiger partial charge in [0.15, 0.2) is 0 Å². The van der Waals surface area contributed by atoms with Gasteiger partial charge in [-0.3, -0.25) is 4.79 Å². The van der Waals surface area contributed by atoms with Crippen molar-refractivity contribution in [1.29, 1.82) is 0 Å². The second-order valence-corrected chi connectivity index (χ2v) is 6.20. The van der Waals surface area contributed by atoms with Gasteiger partial charge in [0, 0.05) is 6.04 Å². The predicted octanol–water partition coefficient (Wildman–Crippen LogP) is 2.54. The molecule has 1 aromatic carbocycles. The molecule has 0 spiro atoms. The maximum absolute atomic E-state index is 12.1. The Kier molecular flexibility index (Phi) is 4.06. The Morgan fingerprint density at radius 3 is 2.40 bits per heavy atom. The summed E-state index contributed by atoms with van der Waals surface area (Å²) in [4.78, 5) is 12.1. The van der Waals surface area contributed by atoms with Gasteiger partial charge in [-0.2, -0.15) is 0 Å². The molecule has 0 bridgehead atoms. The van der Waals surface area contributed by atoms with Crippen LogP contribution in [0.5, 0.6) is 0 Å². The van der Waals surface area contributed by atoms with E-state index in [0.29, 0.717) is 12.0 Å². The zero-order valence-electron chi connectivity index (χ0n) is 12.2. The highest BCUT2D eigenvalue weighted by Crippen LogP contribution is 2.27. The average Bonchev–Trinajstić information content (AvgIpc) is 3.31. The van der Waals surface area contributed by atoms with E-state index in [0.717, 1.165) is 31.5 Å². The minimum atomic E-state index is -0.0438.